The molecule has 0 aliphatic carbocycles. The Hall–Kier alpha value is -2.33. The van der Waals surface area contributed by atoms with Crippen molar-refractivity contribution in [3.8, 4) is 0 Å². The van der Waals surface area contributed by atoms with E-state index in [9.17, 15) is 9.90 Å². The number of allylic oxidation sites excluding steroid dienone is 3. The zero-order valence-corrected chi connectivity index (χ0v) is 13.1. The van der Waals surface area contributed by atoms with Gasteiger partial charge in [-0.25, -0.2) is 0 Å². The fourth-order valence-electron chi connectivity index (χ4n) is 1.81. The van der Waals surface area contributed by atoms with Crippen LogP contribution in [0.5, 0.6) is 0 Å². The van der Waals surface area contributed by atoms with Gasteiger partial charge in [-0.15, -0.1) is 0 Å². The molecule has 1 atom stereocenters. The van der Waals surface area contributed by atoms with Gasteiger partial charge in [-0.05, 0) is 43.6 Å². The Labute approximate surface area is 131 Å². The molecule has 0 bridgehead atoms. The van der Waals surface area contributed by atoms with E-state index in [0.717, 1.165) is 16.7 Å². The average Bonchev–Trinajstić information content (AvgIpc) is 2.53. The summed E-state index contributed by atoms with van der Waals surface area (Å²) in [6, 6.07) is 8.72. The summed E-state index contributed by atoms with van der Waals surface area (Å²) in [6.45, 7) is 7.40. The molecule has 1 rings (SSSR count). The van der Waals surface area contributed by atoms with Crippen molar-refractivity contribution < 1.29 is 14.6 Å². The minimum atomic E-state index is -0.724. The maximum atomic E-state index is 11.9. The van der Waals surface area contributed by atoms with E-state index in [1.54, 1.807) is 6.08 Å². The summed E-state index contributed by atoms with van der Waals surface area (Å²) >= 11 is 0. The summed E-state index contributed by atoms with van der Waals surface area (Å²) < 4.78 is 5.21. The Kier molecular flexibility index (Phi) is 7.13. The number of aliphatic hydroxyl groups is 1. The van der Waals surface area contributed by atoms with Crippen LogP contribution >= 0.6 is 0 Å². The zero-order valence-electron chi connectivity index (χ0n) is 13.1. The molecule has 3 N–H and O–H groups in total. The van der Waals surface area contributed by atoms with E-state index in [1.165, 1.54) is 6.08 Å². The second kappa shape index (κ2) is 8.85. The normalized spacial score (nSPS) is 14.0. The maximum Gasteiger partial charge on any atom is 0.323 e. The van der Waals surface area contributed by atoms with Gasteiger partial charge in [0, 0.05) is 0 Å². The van der Waals surface area contributed by atoms with Gasteiger partial charge in [0.2, 0.25) is 0 Å². The fraction of sp³-hybridized carbons (Fsp3) is 0.278. The third kappa shape index (κ3) is 5.97. The van der Waals surface area contributed by atoms with E-state index in [2.05, 4.69) is 6.58 Å². The van der Waals surface area contributed by atoms with Crippen LogP contribution < -0.4 is 5.73 Å². The van der Waals surface area contributed by atoms with Crippen LogP contribution in [0.3, 0.4) is 0 Å². The van der Waals surface area contributed by atoms with E-state index >= 15 is 0 Å². The Morgan fingerprint density at radius 3 is 2.59 bits per heavy atom. The highest BCUT2D eigenvalue weighted by Crippen LogP contribution is 2.13. The molecule has 0 heterocycles. The lowest BCUT2D eigenvalue weighted by atomic mass is 10.0. The lowest BCUT2D eigenvalue weighted by Crippen LogP contribution is -2.32. The monoisotopic (exact) mass is 301 g/mol. The summed E-state index contributed by atoms with van der Waals surface area (Å²) in [5.74, 6) is -0.356. The van der Waals surface area contributed by atoms with Crippen molar-refractivity contribution >= 4 is 5.97 Å². The highest BCUT2D eigenvalue weighted by molar-refractivity contribution is 5.75. The molecule has 0 amide bonds. The second-order valence-corrected chi connectivity index (χ2v) is 5.14. The number of nitrogens with two attached hydrogens (primary N) is 1. The largest absolute Gasteiger partial charge is 0.508 e. The molecule has 22 heavy (non-hydrogen) atoms. The van der Waals surface area contributed by atoms with Crippen LogP contribution in [0, 0.1) is 0 Å². The van der Waals surface area contributed by atoms with Gasteiger partial charge >= 0.3 is 5.97 Å². The molecule has 118 valence electrons. The van der Waals surface area contributed by atoms with Gasteiger partial charge in [0.15, 0.2) is 0 Å². The molecule has 0 aromatic heterocycles. The lowest BCUT2D eigenvalue weighted by Gasteiger charge is -2.13. The van der Waals surface area contributed by atoms with Crippen molar-refractivity contribution in [3.63, 3.8) is 0 Å². The van der Waals surface area contributed by atoms with Crippen LogP contribution in [0.25, 0.3) is 0 Å². The molecule has 4 heteroatoms. The van der Waals surface area contributed by atoms with Crippen molar-refractivity contribution in [3.05, 3.63) is 71.5 Å². The summed E-state index contributed by atoms with van der Waals surface area (Å²) in [7, 11) is 0. The number of carbonyl (C=O) groups is 1. The first-order valence-electron chi connectivity index (χ1n) is 7.09. The van der Waals surface area contributed by atoms with Crippen LogP contribution in [0.15, 0.2) is 66.0 Å². The van der Waals surface area contributed by atoms with E-state index in [-0.39, 0.29) is 12.4 Å². The predicted molar refractivity (Wildman–Crippen MR) is 88.1 cm³/mol. The van der Waals surface area contributed by atoms with Crippen molar-refractivity contribution in [2.24, 2.45) is 5.73 Å². The van der Waals surface area contributed by atoms with Gasteiger partial charge in [0.25, 0.3) is 0 Å². The standard InChI is InChI=1S/C18H23NO3/c1-4-16(20)10-13(2)14(3)11-17(19)18(21)22-12-15-8-6-5-7-9-15/h4-10,17,20H,1,11-12,19H2,2-3H3/b14-13+,16-10+/t17-/m0/s1. The Morgan fingerprint density at radius 1 is 1.36 bits per heavy atom. The number of hydrogen-bond donors (Lipinski definition) is 2. The SMILES string of the molecule is C=C/C(O)=C\C(C)=C(/C)C[C@H](N)C(=O)OCc1ccccc1. The zero-order chi connectivity index (χ0) is 16.5. The minimum absolute atomic E-state index is 0.0806. The highest BCUT2D eigenvalue weighted by Gasteiger charge is 2.16. The first-order chi connectivity index (χ1) is 10.4. The molecule has 0 unspecified atom stereocenters. The molecule has 4 nitrogen and oxygen atoms in total. The first kappa shape index (κ1) is 17.7. The van der Waals surface area contributed by atoms with Gasteiger partial charge in [-0.1, -0.05) is 42.5 Å². The Balaban J connectivity index is 2.56. The van der Waals surface area contributed by atoms with Crippen molar-refractivity contribution in [1.82, 2.24) is 0 Å². The molecule has 1 aromatic rings. The van der Waals surface area contributed by atoms with Gasteiger partial charge in [0.05, 0.1) is 0 Å². The molecular weight excluding hydrogens is 278 g/mol. The molecule has 0 saturated heterocycles. The Bertz CT molecular complexity index is 573. The Morgan fingerprint density at radius 2 is 2.00 bits per heavy atom. The summed E-state index contributed by atoms with van der Waals surface area (Å²) in [5, 5.41) is 9.42. The second-order valence-electron chi connectivity index (χ2n) is 5.14. The third-order valence-electron chi connectivity index (χ3n) is 3.30. The third-order valence-corrected chi connectivity index (χ3v) is 3.30. The summed E-state index contributed by atoms with van der Waals surface area (Å²) in [6.07, 6.45) is 3.32. The maximum absolute atomic E-state index is 11.9. The number of rotatable bonds is 7. The van der Waals surface area contributed by atoms with Gasteiger partial charge in [-0.2, -0.15) is 0 Å². The van der Waals surface area contributed by atoms with Crippen molar-refractivity contribution in [1.29, 1.82) is 0 Å². The quantitative estimate of drug-likeness (QED) is 0.460. The number of aliphatic hydroxyl groups excluding tert-OH is 1. The molecule has 0 aliphatic heterocycles. The number of esters is 1. The molecular formula is C18H23NO3. The molecule has 0 fully saturated rings. The minimum Gasteiger partial charge on any atom is -0.508 e. The predicted octanol–water partition coefficient (Wildman–Crippen LogP) is 3.41. The fourth-order valence-corrected chi connectivity index (χ4v) is 1.81. The number of benzene rings is 1. The molecule has 0 saturated carbocycles. The average molecular weight is 301 g/mol. The molecule has 0 radical (unpaired) electrons. The van der Waals surface area contributed by atoms with Gasteiger partial charge in [-0.3, -0.25) is 4.79 Å². The lowest BCUT2D eigenvalue weighted by molar-refractivity contribution is -0.146. The van der Waals surface area contributed by atoms with E-state index in [4.69, 9.17) is 10.5 Å². The van der Waals surface area contributed by atoms with E-state index < -0.39 is 12.0 Å². The molecule has 0 spiro atoms. The highest BCUT2D eigenvalue weighted by atomic mass is 16.5. The number of ether oxygens (including phenoxy) is 1. The van der Waals surface area contributed by atoms with Crippen LogP contribution in [0.1, 0.15) is 25.8 Å². The first-order valence-corrected chi connectivity index (χ1v) is 7.09. The number of hydrogen-bond acceptors (Lipinski definition) is 4. The van der Waals surface area contributed by atoms with Crippen LogP contribution in [-0.4, -0.2) is 17.1 Å². The molecule has 1 aromatic carbocycles. The topological polar surface area (TPSA) is 72.5 Å². The van der Waals surface area contributed by atoms with Gasteiger partial charge < -0.3 is 15.6 Å². The van der Waals surface area contributed by atoms with Crippen LogP contribution in [0.2, 0.25) is 0 Å². The van der Waals surface area contributed by atoms with E-state index in [1.807, 2.05) is 44.2 Å². The van der Waals surface area contributed by atoms with Crippen LogP contribution in [-0.2, 0) is 16.1 Å². The van der Waals surface area contributed by atoms with Gasteiger partial charge in [0.1, 0.15) is 18.4 Å². The van der Waals surface area contributed by atoms with E-state index in [0.29, 0.717) is 6.42 Å². The molecule has 0 aliphatic rings. The smallest absolute Gasteiger partial charge is 0.323 e. The summed E-state index contributed by atoms with van der Waals surface area (Å²) in [5.41, 5.74) is 8.56. The summed E-state index contributed by atoms with van der Waals surface area (Å²) in [4.78, 5) is 11.9. The van der Waals surface area contributed by atoms with Crippen molar-refractivity contribution in [2.45, 2.75) is 32.9 Å². The van der Waals surface area contributed by atoms with Crippen molar-refractivity contribution in [2.75, 3.05) is 0 Å². The number of carbonyl (C=O) groups excluding carboxylic acids is 1. The van der Waals surface area contributed by atoms with Crippen LogP contribution in [0.4, 0.5) is 0 Å².